The summed E-state index contributed by atoms with van der Waals surface area (Å²) < 4.78 is 0. The second-order valence-corrected chi connectivity index (χ2v) is 28.2. The van der Waals surface area contributed by atoms with Crippen LogP contribution in [0.4, 0.5) is 34.1 Å². The Morgan fingerprint density at radius 3 is 1.90 bits per heavy atom. The smallest absolute Gasteiger partial charge is 0.198 e. The molecule has 0 saturated heterocycles. The van der Waals surface area contributed by atoms with Crippen molar-refractivity contribution in [2.45, 2.75) is 127 Å². The third-order valence-electron chi connectivity index (χ3n) is 24.2. The molecule has 380 valence electrons. The van der Waals surface area contributed by atoms with Crippen LogP contribution in [0.2, 0.25) is 0 Å². The Balaban J connectivity index is 0.949. The van der Waals surface area contributed by atoms with E-state index in [4.69, 9.17) is 0 Å². The first-order valence-electron chi connectivity index (χ1n) is 30.1. The molecule has 77 heavy (non-hydrogen) atoms. The van der Waals surface area contributed by atoms with Crippen LogP contribution in [-0.4, -0.2) is 12.3 Å². The van der Waals surface area contributed by atoms with E-state index in [-0.39, 0.29) is 16.2 Å². The number of hydrogen-bond acceptors (Lipinski definition) is 2. The molecule has 2 heterocycles. The van der Waals surface area contributed by atoms with Crippen LogP contribution in [-0.2, 0) is 21.7 Å². The molecular formula is C73H70BN3. The van der Waals surface area contributed by atoms with E-state index in [1.165, 1.54) is 165 Å². The number of nitrogens with zero attached hydrogens (tertiary/aromatic N) is 2. The molecule has 1 aliphatic heterocycles. The van der Waals surface area contributed by atoms with Gasteiger partial charge in [0.2, 0.25) is 0 Å². The molecule has 1 aromatic heterocycles. The van der Waals surface area contributed by atoms with Gasteiger partial charge in [0, 0.05) is 66.8 Å². The molecule has 7 fully saturated rings. The summed E-state index contributed by atoms with van der Waals surface area (Å²) in [7, 11) is 0.851. The normalized spacial score (nSPS) is 30.5. The van der Waals surface area contributed by atoms with Crippen molar-refractivity contribution >= 4 is 84.9 Å². The first-order chi connectivity index (χ1) is 37.4. The summed E-state index contributed by atoms with van der Waals surface area (Å²) >= 11 is 0. The lowest BCUT2D eigenvalue weighted by molar-refractivity contribution is -0.175. The topological polar surface area (TPSA) is 22.3 Å². The van der Waals surface area contributed by atoms with E-state index in [2.05, 4.69) is 201 Å². The molecule has 9 aliphatic rings. The molecule has 1 spiro atoms. The number of aromatic amines is 1. The predicted molar refractivity (Wildman–Crippen MR) is 323 cm³/mol. The maximum absolute atomic E-state index is 4.27. The number of nitrogens with one attached hydrogen (secondary N) is 1. The van der Waals surface area contributed by atoms with Crippen LogP contribution < -0.4 is 20.7 Å². The quantitative estimate of drug-likeness (QED) is 0.161. The van der Waals surface area contributed by atoms with Crippen LogP contribution in [0.1, 0.15) is 126 Å². The molecule has 18 rings (SSSR count). The zero-order valence-corrected chi connectivity index (χ0v) is 45.8. The molecule has 8 aromatic carbocycles. The van der Waals surface area contributed by atoms with Crippen molar-refractivity contribution in [1.29, 1.82) is 0 Å². The minimum absolute atomic E-state index is 0.0509. The average Bonchev–Trinajstić information content (AvgIpc) is 2.26. The molecule has 3 nitrogen and oxygen atoms in total. The number of fused-ring (bicyclic) bond motifs is 9. The number of rotatable bonds is 7. The Morgan fingerprint density at radius 2 is 1.21 bits per heavy atom. The number of anilines is 6. The Bertz CT molecular complexity index is 3970. The van der Waals surface area contributed by atoms with Crippen LogP contribution in [0.25, 0.3) is 43.7 Å². The maximum Gasteiger partial charge on any atom is 0.198 e. The fourth-order valence-electron chi connectivity index (χ4n) is 20.5. The van der Waals surface area contributed by atoms with Crippen molar-refractivity contribution in [3.8, 4) is 11.1 Å². The summed E-state index contributed by atoms with van der Waals surface area (Å²) in [6, 6.07) is 60.2. The second kappa shape index (κ2) is 14.8. The summed E-state index contributed by atoms with van der Waals surface area (Å²) in [6.07, 6.45) is 15.2. The number of H-pyrrole nitrogens is 1. The Morgan fingerprint density at radius 1 is 0.545 bits per heavy atom. The van der Waals surface area contributed by atoms with Gasteiger partial charge in [0.1, 0.15) is 0 Å². The van der Waals surface area contributed by atoms with Crippen LogP contribution in [0.3, 0.4) is 0 Å². The minimum Gasteiger partial charge on any atom is -0.354 e. The third kappa shape index (κ3) is 5.56. The van der Waals surface area contributed by atoms with Crippen molar-refractivity contribution in [3.05, 3.63) is 179 Å². The fourth-order valence-corrected chi connectivity index (χ4v) is 20.5. The summed E-state index contributed by atoms with van der Waals surface area (Å²) in [4.78, 5) is 9.56. The minimum atomic E-state index is 0.0509. The maximum atomic E-state index is 4.27. The van der Waals surface area contributed by atoms with Crippen LogP contribution in [0, 0.1) is 47.8 Å². The molecule has 9 aromatic rings. The van der Waals surface area contributed by atoms with Gasteiger partial charge in [0.15, 0.2) is 7.28 Å². The second-order valence-electron chi connectivity index (χ2n) is 28.2. The van der Waals surface area contributed by atoms with E-state index < -0.39 is 0 Å². The molecule has 2 bridgehead atoms. The van der Waals surface area contributed by atoms with Gasteiger partial charge in [-0.25, -0.2) is 0 Å². The molecule has 4 atom stereocenters. The zero-order chi connectivity index (χ0) is 51.1. The van der Waals surface area contributed by atoms with Gasteiger partial charge in [-0.15, -0.1) is 0 Å². The molecule has 4 unspecified atom stereocenters. The molecular weight excluding hydrogens is 930 g/mol. The Hall–Kier alpha value is -6.52. The number of aryl methyl sites for hydroxylation is 1. The number of benzene rings is 8. The van der Waals surface area contributed by atoms with Gasteiger partial charge in [0.05, 0.1) is 5.52 Å². The van der Waals surface area contributed by atoms with Crippen molar-refractivity contribution in [1.82, 2.24) is 4.98 Å². The highest BCUT2D eigenvalue weighted by Gasteiger charge is 2.77. The summed E-state index contributed by atoms with van der Waals surface area (Å²) in [5, 5.41) is 5.51. The fraction of sp³-hybridized carbons (Fsp3) is 0.370. The van der Waals surface area contributed by atoms with E-state index in [0.717, 1.165) is 54.2 Å². The van der Waals surface area contributed by atoms with E-state index >= 15 is 0 Å². The van der Waals surface area contributed by atoms with E-state index in [1.54, 1.807) is 11.1 Å². The molecule has 0 radical (unpaired) electrons. The lowest BCUT2D eigenvalue weighted by Gasteiger charge is -2.66. The largest absolute Gasteiger partial charge is 0.354 e. The molecule has 0 amide bonds. The highest BCUT2D eigenvalue weighted by Crippen LogP contribution is 2.84. The van der Waals surface area contributed by atoms with Crippen molar-refractivity contribution < 1.29 is 0 Å². The Labute approximate surface area is 455 Å². The van der Waals surface area contributed by atoms with Crippen molar-refractivity contribution in [2.75, 3.05) is 9.80 Å². The van der Waals surface area contributed by atoms with E-state index in [1.807, 2.05) is 0 Å². The SMILES string of the molecule is Cc1cc2c(cc1N1c3cc(N(c4ccccc4)c4ccccc4)cc(-c4cc(C56CC7CC8CC(C5)C87C6)cc5c4[nH]c4ccc(C67C8CCC6CC7C8)cc45)c3Bc3ccc4ccccc4c31)C(C)(C)CCC2(C)C. The standard InChI is InChI=1S/C73H70BN3/c1-42-28-60-61(70(4,5)27-26-69(60,2)3)38-64(42)77-65-37-54(76(52-15-8-6-9-16-52)53-17-10-7-11-18-53)36-57(66(65)74-62-24-20-43-14-12-13-19-55(43)68(62)77)59-35-47(71-39-50-31-48-32-51(40-71)72(48,50)41-71)34-58-56-33-46(23-25-63(56)75-67(58)59)73-44-21-22-45(73)30-49(73)29-44/h6-20,23-25,28,33-38,44-45,48-51,74-75H,21-22,26-27,29-32,39-41H2,1-5H3. The molecule has 4 heteroatoms. The predicted octanol–water partition coefficient (Wildman–Crippen LogP) is 17.2. The van der Waals surface area contributed by atoms with Gasteiger partial charge in [-0.2, -0.15) is 0 Å². The van der Waals surface area contributed by atoms with E-state index in [9.17, 15) is 0 Å². The third-order valence-corrected chi connectivity index (χ3v) is 24.2. The van der Waals surface area contributed by atoms with Gasteiger partial charge in [-0.1, -0.05) is 118 Å². The molecule has 1 N–H and O–H groups in total. The highest BCUT2D eigenvalue weighted by atomic mass is 15.2. The zero-order valence-electron chi connectivity index (χ0n) is 45.8. The number of aromatic nitrogens is 1. The van der Waals surface area contributed by atoms with Gasteiger partial charge in [-0.3, -0.25) is 0 Å². The summed E-state index contributed by atoms with van der Waals surface area (Å²) in [5.41, 5.74) is 24.7. The van der Waals surface area contributed by atoms with Gasteiger partial charge >= 0.3 is 0 Å². The molecule has 7 saturated carbocycles. The van der Waals surface area contributed by atoms with Crippen molar-refractivity contribution in [3.63, 3.8) is 0 Å². The lowest BCUT2D eigenvalue weighted by atomic mass is 9.38. The van der Waals surface area contributed by atoms with Crippen LogP contribution in [0.15, 0.2) is 152 Å². The van der Waals surface area contributed by atoms with Gasteiger partial charge in [-0.05, 0) is 246 Å². The lowest BCUT2D eigenvalue weighted by Crippen LogP contribution is -2.61. The number of hydrogen-bond donors (Lipinski definition) is 1. The van der Waals surface area contributed by atoms with Crippen LogP contribution in [0.5, 0.6) is 0 Å². The highest BCUT2D eigenvalue weighted by molar-refractivity contribution is 6.74. The van der Waals surface area contributed by atoms with Gasteiger partial charge in [0.25, 0.3) is 0 Å². The van der Waals surface area contributed by atoms with Crippen molar-refractivity contribution in [2.24, 2.45) is 40.9 Å². The Kier molecular flexibility index (Phi) is 8.54. The van der Waals surface area contributed by atoms with Gasteiger partial charge < -0.3 is 14.8 Å². The first kappa shape index (κ1) is 44.5. The van der Waals surface area contributed by atoms with E-state index in [0.29, 0.717) is 10.8 Å². The molecule has 8 aliphatic carbocycles. The van der Waals surface area contributed by atoms with Crippen LogP contribution >= 0.6 is 0 Å². The average molecular weight is 1000 g/mol. The summed E-state index contributed by atoms with van der Waals surface area (Å²) in [5.74, 6) is 5.43. The summed E-state index contributed by atoms with van der Waals surface area (Å²) in [6.45, 7) is 12.3. The monoisotopic (exact) mass is 1000 g/mol. The number of para-hydroxylation sites is 2. The first-order valence-corrected chi connectivity index (χ1v) is 30.1.